The van der Waals surface area contributed by atoms with E-state index in [1.807, 2.05) is 13.8 Å². The minimum absolute atomic E-state index is 0.142. The second-order valence-corrected chi connectivity index (χ2v) is 2.75. The van der Waals surface area contributed by atoms with Crippen LogP contribution in [-0.2, 0) is 4.74 Å². The summed E-state index contributed by atoms with van der Waals surface area (Å²) in [4.78, 5) is 0. The van der Waals surface area contributed by atoms with Gasteiger partial charge >= 0.3 is 0 Å². The summed E-state index contributed by atoms with van der Waals surface area (Å²) in [7, 11) is 0. The zero-order valence-corrected chi connectivity index (χ0v) is 6.40. The third-order valence-corrected chi connectivity index (χ3v) is 1.23. The zero-order chi connectivity index (χ0) is 7.33. The molecule has 54 valence electrons. The van der Waals surface area contributed by atoms with Gasteiger partial charge in [-0.05, 0) is 20.3 Å². The smallest absolute Gasteiger partial charge is 0.167 e. The highest BCUT2D eigenvalue weighted by Gasteiger charge is 2.15. The minimum atomic E-state index is -0.142. The molecule has 0 fully saturated rings. The Morgan fingerprint density at radius 3 is 2.44 bits per heavy atom. The van der Waals surface area contributed by atoms with Crippen LogP contribution in [0.4, 0.5) is 0 Å². The maximum atomic E-state index is 6.69. The molecule has 0 unspecified atom stereocenters. The van der Waals surface area contributed by atoms with Crippen LogP contribution in [0, 0.1) is 5.41 Å². The largest absolute Gasteiger partial charge is 0.478 e. The molecular weight excluding hydrogens is 114 g/mol. The lowest BCUT2D eigenvalue weighted by molar-refractivity contribution is 0.0927. The molecule has 2 nitrogen and oxygen atoms in total. The van der Waals surface area contributed by atoms with Gasteiger partial charge in [0.05, 0.1) is 0 Å². The predicted molar refractivity (Wildman–Crippen MR) is 38.9 cm³/mol. The Morgan fingerprint density at radius 2 is 2.11 bits per heavy atom. The van der Waals surface area contributed by atoms with Crippen LogP contribution in [0.15, 0.2) is 0 Å². The summed E-state index contributed by atoms with van der Waals surface area (Å²) >= 11 is 0. The van der Waals surface area contributed by atoms with E-state index in [1.54, 1.807) is 0 Å². The summed E-state index contributed by atoms with van der Waals surface area (Å²) in [5, 5.41) is 6.69. The summed E-state index contributed by atoms with van der Waals surface area (Å²) in [5.74, 6) is 0. The molecule has 0 aliphatic rings. The van der Waals surface area contributed by atoms with Gasteiger partial charge in [-0.2, -0.15) is 0 Å². The van der Waals surface area contributed by atoms with Crippen molar-refractivity contribution in [2.75, 3.05) is 0 Å². The van der Waals surface area contributed by atoms with Gasteiger partial charge in [0, 0.05) is 0 Å². The molecule has 9 heavy (non-hydrogen) atoms. The van der Waals surface area contributed by atoms with Crippen LogP contribution in [0.2, 0.25) is 0 Å². The fourth-order valence-corrected chi connectivity index (χ4v) is 0.821. The standard InChI is InChI=1S/C7H15NO/c1-4-5-7(2,3)9-6-8/h6,8H,4-5H2,1-3H3. The summed E-state index contributed by atoms with van der Waals surface area (Å²) < 4.78 is 5.01. The number of hydrogen-bond acceptors (Lipinski definition) is 2. The topological polar surface area (TPSA) is 33.1 Å². The van der Waals surface area contributed by atoms with E-state index < -0.39 is 0 Å². The fourth-order valence-electron chi connectivity index (χ4n) is 0.821. The van der Waals surface area contributed by atoms with Gasteiger partial charge in [-0.3, -0.25) is 5.41 Å². The molecule has 0 radical (unpaired) electrons. The summed E-state index contributed by atoms with van der Waals surface area (Å²) in [6.07, 6.45) is 3.11. The molecule has 0 amide bonds. The van der Waals surface area contributed by atoms with Crippen LogP contribution in [0.1, 0.15) is 33.6 Å². The summed E-state index contributed by atoms with van der Waals surface area (Å²) in [5.41, 5.74) is -0.142. The van der Waals surface area contributed by atoms with Crippen LogP contribution in [0.25, 0.3) is 0 Å². The first kappa shape index (κ1) is 8.47. The van der Waals surface area contributed by atoms with Crippen molar-refractivity contribution in [1.29, 1.82) is 5.41 Å². The van der Waals surface area contributed by atoms with E-state index in [2.05, 4.69) is 6.92 Å². The SMILES string of the molecule is CCCC(C)(C)OC=N. The minimum Gasteiger partial charge on any atom is -0.478 e. The van der Waals surface area contributed by atoms with Crippen molar-refractivity contribution in [3.63, 3.8) is 0 Å². The normalized spacial score (nSPS) is 11.0. The van der Waals surface area contributed by atoms with E-state index in [4.69, 9.17) is 10.1 Å². The third kappa shape index (κ3) is 4.01. The van der Waals surface area contributed by atoms with Gasteiger partial charge in [-0.25, -0.2) is 0 Å². The van der Waals surface area contributed by atoms with Crippen LogP contribution < -0.4 is 0 Å². The van der Waals surface area contributed by atoms with Gasteiger partial charge < -0.3 is 4.74 Å². The Hall–Kier alpha value is -0.530. The highest BCUT2D eigenvalue weighted by Crippen LogP contribution is 2.14. The zero-order valence-electron chi connectivity index (χ0n) is 6.40. The molecule has 1 N–H and O–H groups in total. The second kappa shape index (κ2) is 3.49. The van der Waals surface area contributed by atoms with E-state index in [9.17, 15) is 0 Å². The van der Waals surface area contributed by atoms with Crippen molar-refractivity contribution in [2.24, 2.45) is 0 Å². The average Bonchev–Trinajstić information content (AvgIpc) is 1.64. The van der Waals surface area contributed by atoms with Gasteiger partial charge in [-0.15, -0.1) is 0 Å². The molecule has 0 aromatic heterocycles. The Bertz CT molecular complexity index is 88.9. The van der Waals surface area contributed by atoms with Gasteiger partial charge in [-0.1, -0.05) is 13.3 Å². The molecule has 0 aromatic carbocycles. The molecular formula is C7H15NO. The summed E-state index contributed by atoms with van der Waals surface area (Å²) in [6, 6.07) is 0. The molecule has 2 heteroatoms. The Morgan fingerprint density at radius 1 is 1.56 bits per heavy atom. The Kier molecular flexibility index (Phi) is 3.28. The van der Waals surface area contributed by atoms with Gasteiger partial charge in [0.15, 0.2) is 6.40 Å². The lowest BCUT2D eigenvalue weighted by Gasteiger charge is -2.21. The molecule has 0 rings (SSSR count). The van der Waals surface area contributed by atoms with E-state index in [0.29, 0.717) is 0 Å². The lowest BCUT2D eigenvalue weighted by atomic mass is 10.0. The van der Waals surface area contributed by atoms with Crippen LogP contribution >= 0.6 is 0 Å². The fraction of sp³-hybridized carbons (Fsp3) is 0.857. The van der Waals surface area contributed by atoms with Gasteiger partial charge in [0.25, 0.3) is 0 Å². The quantitative estimate of drug-likeness (QED) is 0.458. The van der Waals surface area contributed by atoms with E-state index >= 15 is 0 Å². The van der Waals surface area contributed by atoms with Crippen molar-refractivity contribution in [3.8, 4) is 0 Å². The van der Waals surface area contributed by atoms with Crippen molar-refractivity contribution >= 4 is 6.40 Å². The molecule has 0 saturated heterocycles. The first-order valence-electron chi connectivity index (χ1n) is 3.29. The monoisotopic (exact) mass is 129 g/mol. The van der Waals surface area contributed by atoms with Crippen LogP contribution in [0.5, 0.6) is 0 Å². The molecule has 0 spiro atoms. The van der Waals surface area contributed by atoms with Crippen molar-refractivity contribution in [3.05, 3.63) is 0 Å². The molecule has 0 aliphatic heterocycles. The number of nitrogens with one attached hydrogen (secondary N) is 1. The van der Waals surface area contributed by atoms with E-state index in [1.165, 1.54) is 0 Å². The molecule has 0 heterocycles. The highest BCUT2D eigenvalue weighted by atomic mass is 16.5. The van der Waals surface area contributed by atoms with Crippen LogP contribution in [0.3, 0.4) is 0 Å². The Labute approximate surface area is 56.7 Å². The second-order valence-electron chi connectivity index (χ2n) is 2.75. The maximum absolute atomic E-state index is 6.69. The third-order valence-electron chi connectivity index (χ3n) is 1.23. The number of hydrogen-bond donors (Lipinski definition) is 1. The van der Waals surface area contributed by atoms with Crippen LogP contribution in [-0.4, -0.2) is 12.0 Å². The first-order valence-corrected chi connectivity index (χ1v) is 3.29. The first-order chi connectivity index (χ1) is 4.12. The van der Waals surface area contributed by atoms with E-state index in [-0.39, 0.29) is 5.60 Å². The summed E-state index contributed by atoms with van der Waals surface area (Å²) in [6.45, 7) is 6.08. The van der Waals surface area contributed by atoms with Crippen molar-refractivity contribution in [2.45, 2.75) is 39.2 Å². The van der Waals surface area contributed by atoms with Gasteiger partial charge in [0.2, 0.25) is 0 Å². The number of ether oxygens (including phenoxy) is 1. The Balaban J connectivity index is 3.55. The van der Waals surface area contributed by atoms with Crippen molar-refractivity contribution < 1.29 is 4.74 Å². The van der Waals surface area contributed by atoms with Gasteiger partial charge in [0.1, 0.15) is 5.60 Å². The average molecular weight is 129 g/mol. The maximum Gasteiger partial charge on any atom is 0.167 e. The lowest BCUT2D eigenvalue weighted by Crippen LogP contribution is -2.22. The molecule has 0 saturated carbocycles. The molecule has 0 atom stereocenters. The van der Waals surface area contributed by atoms with Crippen molar-refractivity contribution in [1.82, 2.24) is 0 Å². The molecule has 0 bridgehead atoms. The predicted octanol–water partition coefficient (Wildman–Crippen LogP) is 2.19. The molecule has 0 aliphatic carbocycles. The molecule has 0 aromatic rings. The highest BCUT2D eigenvalue weighted by molar-refractivity contribution is 5.41. The van der Waals surface area contributed by atoms with E-state index in [0.717, 1.165) is 19.2 Å². The number of rotatable bonds is 4.